The number of carbonyl (C=O) groups is 1. The summed E-state index contributed by atoms with van der Waals surface area (Å²) in [5, 5.41) is 0. The molecule has 0 heterocycles. The fraction of sp³-hybridized carbons (Fsp3) is 0.0714. The van der Waals surface area contributed by atoms with Crippen molar-refractivity contribution < 1.29 is 22.0 Å². The Bertz CT molecular complexity index is 795. The van der Waals surface area contributed by atoms with E-state index in [1.807, 2.05) is 0 Å². The van der Waals surface area contributed by atoms with Crippen molar-refractivity contribution in [2.75, 3.05) is 0 Å². The summed E-state index contributed by atoms with van der Waals surface area (Å²) in [5.74, 6) is -3.40. The van der Waals surface area contributed by atoms with Crippen molar-refractivity contribution in [2.24, 2.45) is 5.73 Å². The average Bonchev–Trinajstić information content (AvgIpc) is 2.48. The third kappa shape index (κ3) is 3.46. The van der Waals surface area contributed by atoms with E-state index in [-0.39, 0.29) is 0 Å². The monoisotopic (exact) mass is 326 g/mol. The van der Waals surface area contributed by atoms with Crippen LogP contribution in [0.1, 0.15) is 11.6 Å². The van der Waals surface area contributed by atoms with Crippen molar-refractivity contribution in [3.63, 3.8) is 0 Å². The fourth-order valence-electron chi connectivity index (χ4n) is 1.80. The van der Waals surface area contributed by atoms with E-state index in [4.69, 9.17) is 5.73 Å². The average molecular weight is 326 g/mol. The third-order valence-electron chi connectivity index (χ3n) is 2.89. The Kier molecular flexibility index (Phi) is 4.53. The zero-order valence-electron chi connectivity index (χ0n) is 11.2. The molecule has 0 spiro atoms. The van der Waals surface area contributed by atoms with Crippen LogP contribution in [0.5, 0.6) is 0 Å². The lowest BCUT2D eigenvalue weighted by molar-refractivity contribution is -0.119. The topological polar surface area (TPSA) is 89.3 Å². The van der Waals surface area contributed by atoms with Crippen LogP contribution in [0, 0.1) is 11.6 Å². The standard InChI is InChI=1S/C14H12F2N2O3S/c15-11-7-6-10(8-12(11)16)22(20,21)18-13(14(17)19)9-4-2-1-3-5-9/h1-8,13,18H,(H2,17,19). The highest BCUT2D eigenvalue weighted by Crippen LogP contribution is 2.18. The lowest BCUT2D eigenvalue weighted by atomic mass is 10.1. The first-order chi connectivity index (χ1) is 10.3. The van der Waals surface area contributed by atoms with Crippen molar-refractivity contribution in [3.05, 3.63) is 65.7 Å². The molecule has 0 radical (unpaired) electrons. The summed E-state index contributed by atoms with van der Waals surface area (Å²) in [6.07, 6.45) is 0. The molecule has 1 unspecified atom stereocenters. The quantitative estimate of drug-likeness (QED) is 0.872. The van der Waals surface area contributed by atoms with Crippen molar-refractivity contribution >= 4 is 15.9 Å². The molecule has 116 valence electrons. The van der Waals surface area contributed by atoms with Gasteiger partial charge in [-0.2, -0.15) is 4.72 Å². The van der Waals surface area contributed by atoms with Gasteiger partial charge in [0.1, 0.15) is 6.04 Å². The van der Waals surface area contributed by atoms with Crippen LogP contribution in [0.25, 0.3) is 0 Å². The SMILES string of the molecule is NC(=O)C(NS(=O)(=O)c1ccc(F)c(F)c1)c1ccccc1. The number of primary amides is 1. The summed E-state index contributed by atoms with van der Waals surface area (Å²) in [6, 6.07) is 8.72. The summed E-state index contributed by atoms with van der Waals surface area (Å²) in [7, 11) is -4.25. The van der Waals surface area contributed by atoms with E-state index in [1.165, 1.54) is 12.1 Å². The van der Waals surface area contributed by atoms with Crippen LogP contribution < -0.4 is 10.5 Å². The molecule has 0 aliphatic carbocycles. The number of nitrogens with two attached hydrogens (primary N) is 1. The molecule has 0 saturated heterocycles. The molecule has 0 bridgehead atoms. The molecule has 3 N–H and O–H groups in total. The Hall–Kier alpha value is -2.32. The molecule has 22 heavy (non-hydrogen) atoms. The molecule has 1 atom stereocenters. The first-order valence-corrected chi connectivity index (χ1v) is 7.61. The lowest BCUT2D eigenvalue weighted by Gasteiger charge is -2.16. The zero-order valence-corrected chi connectivity index (χ0v) is 12.0. The minimum atomic E-state index is -4.25. The number of hydrogen-bond acceptors (Lipinski definition) is 3. The summed E-state index contributed by atoms with van der Waals surface area (Å²) < 4.78 is 52.5. The van der Waals surface area contributed by atoms with Crippen LogP contribution in [0.15, 0.2) is 53.4 Å². The van der Waals surface area contributed by atoms with E-state index in [0.29, 0.717) is 17.7 Å². The first-order valence-electron chi connectivity index (χ1n) is 6.13. The molecule has 2 rings (SSSR count). The number of nitrogens with one attached hydrogen (secondary N) is 1. The molecular weight excluding hydrogens is 314 g/mol. The highest BCUT2D eigenvalue weighted by Gasteiger charge is 2.26. The summed E-state index contributed by atoms with van der Waals surface area (Å²) >= 11 is 0. The van der Waals surface area contributed by atoms with Crippen LogP contribution >= 0.6 is 0 Å². The van der Waals surface area contributed by atoms with Gasteiger partial charge in [0.15, 0.2) is 11.6 Å². The zero-order chi connectivity index (χ0) is 16.3. The molecule has 0 aromatic heterocycles. The van der Waals surface area contributed by atoms with Crippen LogP contribution in [0.2, 0.25) is 0 Å². The molecule has 8 heteroatoms. The molecule has 1 amide bonds. The van der Waals surface area contributed by atoms with Crippen LogP contribution in [-0.4, -0.2) is 14.3 Å². The van der Waals surface area contributed by atoms with Gasteiger partial charge in [0, 0.05) is 0 Å². The van der Waals surface area contributed by atoms with Gasteiger partial charge in [0.2, 0.25) is 15.9 Å². The van der Waals surface area contributed by atoms with Gasteiger partial charge in [0.05, 0.1) is 4.90 Å². The van der Waals surface area contributed by atoms with Gasteiger partial charge in [0.25, 0.3) is 0 Å². The number of sulfonamides is 1. The van der Waals surface area contributed by atoms with E-state index in [0.717, 1.165) is 6.07 Å². The Balaban J connectivity index is 2.36. The fourth-order valence-corrected chi connectivity index (χ4v) is 3.01. The van der Waals surface area contributed by atoms with Crippen molar-refractivity contribution in [1.82, 2.24) is 4.72 Å². The van der Waals surface area contributed by atoms with Gasteiger partial charge >= 0.3 is 0 Å². The number of carbonyl (C=O) groups excluding carboxylic acids is 1. The summed E-state index contributed by atoms with van der Waals surface area (Å²) in [6.45, 7) is 0. The molecule has 0 saturated carbocycles. The Morgan fingerprint density at radius 2 is 1.68 bits per heavy atom. The highest BCUT2D eigenvalue weighted by atomic mass is 32.2. The predicted molar refractivity (Wildman–Crippen MR) is 75.1 cm³/mol. The first kappa shape index (κ1) is 16.1. The smallest absolute Gasteiger partial charge is 0.241 e. The van der Waals surface area contributed by atoms with E-state index in [1.54, 1.807) is 18.2 Å². The Morgan fingerprint density at radius 3 is 2.23 bits per heavy atom. The second-order valence-corrected chi connectivity index (χ2v) is 6.16. The van der Waals surface area contributed by atoms with Gasteiger partial charge in [-0.15, -0.1) is 0 Å². The summed E-state index contributed by atoms with van der Waals surface area (Å²) in [5.41, 5.74) is 5.54. The molecule has 0 aliphatic heterocycles. The molecule has 5 nitrogen and oxygen atoms in total. The number of amides is 1. The largest absolute Gasteiger partial charge is 0.368 e. The van der Waals surface area contributed by atoms with E-state index < -0.39 is 38.5 Å². The number of benzene rings is 2. The van der Waals surface area contributed by atoms with Gasteiger partial charge in [-0.1, -0.05) is 30.3 Å². The highest BCUT2D eigenvalue weighted by molar-refractivity contribution is 7.89. The molecule has 2 aromatic rings. The molecule has 0 fully saturated rings. The van der Waals surface area contributed by atoms with Crippen LogP contribution in [-0.2, 0) is 14.8 Å². The maximum absolute atomic E-state index is 13.2. The van der Waals surface area contributed by atoms with Crippen LogP contribution in [0.3, 0.4) is 0 Å². The Morgan fingerprint density at radius 1 is 1.05 bits per heavy atom. The minimum Gasteiger partial charge on any atom is -0.368 e. The third-order valence-corrected chi connectivity index (χ3v) is 4.31. The molecule has 2 aromatic carbocycles. The van der Waals surface area contributed by atoms with Gasteiger partial charge in [-0.3, -0.25) is 4.79 Å². The van der Waals surface area contributed by atoms with Crippen molar-refractivity contribution in [3.8, 4) is 0 Å². The van der Waals surface area contributed by atoms with Gasteiger partial charge < -0.3 is 5.73 Å². The van der Waals surface area contributed by atoms with E-state index in [9.17, 15) is 22.0 Å². The number of halogens is 2. The van der Waals surface area contributed by atoms with Crippen molar-refractivity contribution in [2.45, 2.75) is 10.9 Å². The van der Waals surface area contributed by atoms with E-state index >= 15 is 0 Å². The van der Waals surface area contributed by atoms with Gasteiger partial charge in [-0.25, -0.2) is 17.2 Å². The van der Waals surface area contributed by atoms with E-state index in [2.05, 4.69) is 4.72 Å². The normalized spacial score (nSPS) is 12.8. The van der Waals surface area contributed by atoms with Gasteiger partial charge in [-0.05, 0) is 23.8 Å². The maximum atomic E-state index is 13.2. The molecular formula is C14H12F2N2O3S. The predicted octanol–water partition coefficient (Wildman–Crippen LogP) is 1.47. The maximum Gasteiger partial charge on any atom is 0.241 e. The van der Waals surface area contributed by atoms with Crippen LogP contribution in [0.4, 0.5) is 8.78 Å². The summed E-state index contributed by atoms with van der Waals surface area (Å²) in [4.78, 5) is 11.0. The van der Waals surface area contributed by atoms with Crippen molar-refractivity contribution in [1.29, 1.82) is 0 Å². The minimum absolute atomic E-state index is 0.334. The molecule has 0 aliphatic rings. The Labute approximate surface area is 125 Å². The number of rotatable bonds is 5. The lowest BCUT2D eigenvalue weighted by Crippen LogP contribution is -2.37. The second-order valence-electron chi connectivity index (χ2n) is 4.44. The number of hydrogen-bond donors (Lipinski definition) is 2. The second kappa shape index (κ2) is 6.20.